The summed E-state index contributed by atoms with van der Waals surface area (Å²) in [5.74, 6) is -0.145. The molecule has 1 aromatic rings. The summed E-state index contributed by atoms with van der Waals surface area (Å²) >= 11 is 0. The monoisotopic (exact) mass is 389 g/mol. The summed E-state index contributed by atoms with van der Waals surface area (Å²) in [5, 5.41) is 15.6. The molecular formula is C19H23N3O6. The number of carbonyl (C=O) groups is 2. The van der Waals surface area contributed by atoms with E-state index in [4.69, 9.17) is 19.0 Å². The van der Waals surface area contributed by atoms with Crippen molar-refractivity contribution in [3.63, 3.8) is 0 Å². The van der Waals surface area contributed by atoms with Crippen molar-refractivity contribution in [3.05, 3.63) is 23.8 Å². The fourth-order valence-corrected chi connectivity index (χ4v) is 2.17. The summed E-state index contributed by atoms with van der Waals surface area (Å²) in [7, 11) is 0. The van der Waals surface area contributed by atoms with Crippen LogP contribution >= 0.6 is 0 Å². The number of fused-ring (bicyclic) bond motifs is 1. The quantitative estimate of drug-likeness (QED) is 0.409. The Balaban J connectivity index is 1.77. The van der Waals surface area contributed by atoms with Gasteiger partial charge in [-0.1, -0.05) is 19.0 Å². The molecule has 1 unspecified atom stereocenters. The van der Waals surface area contributed by atoms with Gasteiger partial charge in [0.2, 0.25) is 13.4 Å². The standard InChI is InChI=1S/C19H23N3O6/c1-12(2)19(4,10-20)21-17(23)8-25-18(24)9-28-22-13(3)14-5-6-15-16(7-14)27-11-26-15/h5-7,12H,8-9,11H2,1-4H3,(H,21,23)/b22-13+. The molecule has 150 valence electrons. The average molecular weight is 389 g/mol. The first-order chi connectivity index (χ1) is 13.2. The molecule has 1 atom stereocenters. The van der Waals surface area contributed by atoms with Crippen LogP contribution in [-0.4, -0.2) is 43.1 Å². The van der Waals surface area contributed by atoms with E-state index in [0.717, 1.165) is 5.56 Å². The van der Waals surface area contributed by atoms with Crippen molar-refractivity contribution in [3.8, 4) is 17.6 Å². The molecule has 1 aromatic carbocycles. The number of rotatable bonds is 8. The zero-order valence-electron chi connectivity index (χ0n) is 16.3. The first-order valence-electron chi connectivity index (χ1n) is 8.69. The average Bonchev–Trinajstić information content (AvgIpc) is 3.13. The van der Waals surface area contributed by atoms with Crippen LogP contribution in [0.2, 0.25) is 0 Å². The zero-order valence-corrected chi connectivity index (χ0v) is 16.3. The van der Waals surface area contributed by atoms with Gasteiger partial charge in [0.1, 0.15) is 5.54 Å². The predicted octanol–water partition coefficient (Wildman–Crippen LogP) is 1.75. The summed E-state index contributed by atoms with van der Waals surface area (Å²) in [4.78, 5) is 28.5. The highest BCUT2D eigenvalue weighted by Gasteiger charge is 2.30. The summed E-state index contributed by atoms with van der Waals surface area (Å²) in [6, 6.07) is 7.35. The Kier molecular flexibility index (Phi) is 6.82. The van der Waals surface area contributed by atoms with Gasteiger partial charge in [0.15, 0.2) is 18.1 Å². The molecule has 1 aliphatic rings. The number of benzene rings is 1. The van der Waals surface area contributed by atoms with E-state index in [1.54, 1.807) is 32.0 Å². The van der Waals surface area contributed by atoms with Gasteiger partial charge in [-0.3, -0.25) is 4.79 Å². The van der Waals surface area contributed by atoms with Gasteiger partial charge >= 0.3 is 5.97 Å². The highest BCUT2D eigenvalue weighted by molar-refractivity contribution is 5.99. The number of hydrogen-bond donors (Lipinski definition) is 1. The third-order valence-electron chi connectivity index (χ3n) is 4.32. The molecule has 1 heterocycles. The third-order valence-corrected chi connectivity index (χ3v) is 4.32. The van der Waals surface area contributed by atoms with E-state index in [0.29, 0.717) is 17.2 Å². The smallest absolute Gasteiger partial charge is 0.347 e. The van der Waals surface area contributed by atoms with E-state index in [1.165, 1.54) is 0 Å². The first kappa shape index (κ1) is 21.0. The number of hydrogen-bond acceptors (Lipinski definition) is 8. The third kappa shape index (κ3) is 5.36. The molecule has 0 spiro atoms. The Morgan fingerprint density at radius 2 is 2.04 bits per heavy atom. The summed E-state index contributed by atoms with van der Waals surface area (Å²) < 4.78 is 15.4. The maximum atomic E-state index is 11.9. The van der Waals surface area contributed by atoms with Crippen LogP contribution in [0, 0.1) is 17.2 Å². The Morgan fingerprint density at radius 1 is 1.32 bits per heavy atom. The Bertz CT molecular complexity index is 814. The van der Waals surface area contributed by atoms with E-state index in [1.807, 2.05) is 19.9 Å². The van der Waals surface area contributed by atoms with Crippen molar-refractivity contribution >= 4 is 17.6 Å². The van der Waals surface area contributed by atoms with E-state index < -0.39 is 30.6 Å². The topological polar surface area (TPSA) is 119 Å². The summed E-state index contributed by atoms with van der Waals surface area (Å²) in [6.45, 7) is 6.16. The second kappa shape index (κ2) is 9.08. The normalized spacial score (nSPS) is 14.8. The fraction of sp³-hybridized carbons (Fsp3) is 0.474. The molecule has 1 amide bonds. The molecule has 1 N–H and O–H groups in total. The number of amides is 1. The second-order valence-corrected chi connectivity index (χ2v) is 6.70. The van der Waals surface area contributed by atoms with E-state index >= 15 is 0 Å². The van der Waals surface area contributed by atoms with Crippen LogP contribution in [0.15, 0.2) is 23.4 Å². The number of esters is 1. The van der Waals surface area contributed by atoms with Crippen molar-refractivity contribution in [2.45, 2.75) is 33.2 Å². The minimum absolute atomic E-state index is 0.103. The minimum atomic E-state index is -1.04. The molecule has 2 rings (SSSR count). The number of ether oxygens (including phenoxy) is 3. The van der Waals surface area contributed by atoms with Crippen LogP contribution in [0.1, 0.15) is 33.3 Å². The Hall–Kier alpha value is -3.28. The maximum Gasteiger partial charge on any atom is 0.347 e. The summed E-state index contributed by atoms with van der Waals surface area (Å²) in [5.41, 5.74) is 0.249. The van der Waals surface area contributed by atoms with Crippen LogP contribution in [0.5, 0.6) is 11.5 Å². The molecule has 0 fully saturated rings. The molecule has 9 nitrogen and oxygen atoms in total. The maximum absolute atomic E-state index is 11.9. The predicted molar refractivity (Wildman–Crippen MR) is 98.7 cm³/mol. The molecule has 0 saturated carbocycles. The molecule has 9 heteroatoms. The number of nitrogens with one attached hydrogen (secondary N) is 1. The van der Waals surface area contributed by atoms with Gasteiger partial charge in [0.25, 0.3) is 5.91 Å². The molecule has 0 radical (unpaired) electrons. The molecule has 0 bridgehead atoms. The molecule has 0 aromatic heterocycles. The minimum Gasteiger partial charge on any atom is -0.454 e. The lowest BCUT2D eigenvalue weighted by atomic mass is 9.90. The lowest BCUT2D eigenvalue weighted by Crippen LogP contribution is -2.50. The summed E-state index contributed by atoms with van der Waals surface area (Å²) in [6.07, 6.45) is 0. The van der Waals surface area contributed by atoms with Crippen LogP contribution in [-0.2, 0) is 19.2 Å². The van der Waals surface area contributed by atoms with Crippen molar-refractivity contribution in [2.75, 3.05) is 20.0 Å². The first-order valence-corrected chi connectivity index (χ1v) is 8.69. The lowest BCUT2D eigenvalue weighted by Gasteiger charge is -2.27. The zero-order chi connectivity index (χ0) is 20.7. The van der Waals surface area contributed by atoms with Gasteiger partial charge in [0.05, 0.1) is 11.8 Å². The number of nitrogens with zero attached hydrogens (tertiary/aromatic N) is 2. The van der Waals surface area contributed by atoms with Gasteiger partial charge in [-0.2, -0.15) is 5.26 Å². The Morgan fingerprint density at radius 3 is 2.71 bits per heavy atom. The molecule has 28 heavy (non-hydrogen) atoms. The highest BCUT2D eigenvalue weighted by Crippen LogP contribution is 2.32. The van der Waals surface area contributed by atoms with Crippen LogP contribution in [0.4, 0.5) is 0 Å². The van der Waals surface area contributed by atoms with E-state index in [2.05, 4.69) is 10.5 Å². The lowest BCUT2D eigenvalue weighted by molar-refractivity contribution is -0.153. The number of oxime groups is 1. The number of carbonyl (C=O) groups excluding carboxylic acids is 2. The van der Waals surface area contributed by atoms with Gasteiger partial charge in [-0.25, -0.2) is 4.79 Å². The largest absolute Gasteiger partial charge is 0.454 e. The van der Waals surface area contributed by atoms with Crippen molar-refractivity contribution in [1.82, 2.24) is 5.32 Å². The number of nitriles is 1. The van der Waals surface area contributed by atoms with E-state index in [9.17, 15) is 14.9 Å². The van der Waals surface area contributed by atoms with Crippen molar-refractivity contribution in [1.29, 1.82) is 5.26 Å². The molecule has 0 saturated heterocycles. The second-order valence-electron chi connectivity index (χ2n) is 6.70. The fourth-order valence-electron chi connectivity index (χ4n) is 2.17. The SMILES string of the molecule is C/C(=N\OCC(=O)OCC(=O)NC(C)(C#N)C(C)C)c1ccc2c(c1)OCO2. The van der Waals surface area contributed by atoms with Crippen molar-refractivity contribution in [2.24, 2.45) is 11.1 Å². The highest BCUT2D eigenvalue weighted by atomic mass is 16.7. The van der Waals surface area contributed by atoms with Crippen LogP contribution < -0.4 is 14.8 Å². The van der Waals surface area contributed by atoms with Crippen LogP contribution in [0.3, 0.4) is 0 Å². The molecule has 1 aliphatic heterocycles. The van der Waals surface area contributed by atoms with Gasteiger partial charge in [0, 0.05) is 5.56 Å². The van der Waals surface area contributed by atoms with Crippen molar-refractivity contribution < 1.29 is 28.6 Å². The van der Waals surface area contributed by atoms with Gasteiger partial charge in [-0.15, -0.1) is 0 Å². The van der Waals surface area contributed by atoms with Gasteiger partial charge < -0.3 is 24.4 Å². The van der Waals surface area contributed by atoms with Gasteiger partial charge in [-0.05, 0) is 38.0 Å². The van der Waals surface area contributed by atoms with E-state index in [-0.39, 0.29) is 12.7 Å². The molecular weight excluding hydrogens is 366 g/mol. The Labute approximate surface area is 163 Å². The van der Waals surface area contributed by atoms with Crippen LogP contribution in [0.25, 0.3) is 0 Å². The molecule has 0 aliphatic carbocycles.